The number of aliphatic hydroxyl groups is 1. The molecule has 3 nitrogen and oxygen atoms in total. The van der Waals surface area contributed by atoms with Crippen molar-refractivity contribution in [1.82, 2.24) is 0 Å². The van der Waals surface area contributed by atoms with Gasteiger partial charge < -0.3 is 14.0 Å². The summed E-state index contributed by atoms with van der Waals surface area (Å²) < 4.78 is 13.2. The van der Waals surface area contributed by atoms with Gasteiger partial charge in [-0.3, -0.25) is 0 Å². The standard InChI is InChI=1S/C38H58O3Si2/c1-14-38(39,15-2)25-17-18-28(3)31-20-16-19-29(26-31)21-22-30-23-24-32(36(10,11)40-42-34(4,5)6)33(27-30)37(12,13)41-43-35(7,8)9/h16-20,23-27,39H,14-15,21-22H2,1-13H3/b25-17+,28-18+. The molecule has 0 saturated heterocycles. The van der Waals surface area contributed by atoms with Crippen molar-refractivity contribution >= 4 is 25.1 Å². The fourth-order valence-corrected chi connectivity index (χ4v) is 6.00. The molecule has 0 saturated carbocycles. The largest absolute Gasteiger partial charge is 0.408 e. The Balaban J connectivity index is 2.34. The van der Waals surface area contributed by atoms with Gasteiger partial charge in [0.25, 0.3) is 0 Å². The summed E-state index contributed by atoms with van der Waals surface area (Å²) in [4.78, 5) is 0. The van der Waals surface area contributed by atoms with Gasteiger partial charge in [0, 0.05) is 0 Å². The molecule has 0 aromatic heterocycles. The van der Waals surface area contributed by atoms with Crippen molar-refractivity contribution < 1.29 is 14.0 Å². The number of hydrogen-bond acceptors (Lipinski definition) is 3. The smallest absolute Gasteiger partial charge is 0.236 e. The molecule has 43 heavy (non-hydrogen) atoms. The summed E-state index contributed by atoms with van der Waals surface area (Å²) in [7, 11) is 0.795. The molecule has 0 spiro atoms. The van der Waals surface area contributed by atoms with Gasteiger partial charge in [-0.25, -0.2) is 0 Å². The zero-order valence-electron chi connectivity index (χ0n) is 29.4. The van der Waals surface area contributed by atoms with Crippen LogP contribution in [-0.2, 0) is 32.9 Å². The SMILES string of the molecule is CCC(O)(/C=C/C=C(\C)c1cccc(CCc2ccc(C(C)(C)O[Si]C(C)(C)C)c(C(C)(C)O[Si]C(C)(C)C)c2)c1)CC. The number of hydrogen-bond donors (Lipinski definition) is 1. The van der Waals surface area contributed by atoms with E-state index < -0.39 is 16.8 Å². The molecule has 0 unspecified atom stereocenters. The van der Waals surface area contributed by atoms with E-state index in [1.54, 1.807) is 0 Å². The van der Waals surface area contributed by atoms with Crippen molar-refractivity contribution in [2.24, 2.45) is 0 Å². The van der Waals surface area contributed by atoms with E-state index >= 15 is 0 Å². The highest BCUT2D eigenvalue weighted by atomic mass is 28.2. The van der Waals surface area contributed by atoms with Crippen LogP contribution in [0.2, 0.25) is 10.1 Å². The summed E-state index contributed by atoms with van der Waals surface area (Å²) >= 11 is 0. The van der Waals surface area contributed by atoms with Gasteiger partial charge >= 0.3 is 0 Å². The van der Waals surface area contributed by atoms with E-state index in [4.69, 9.17) is 8.85 Å². The van der Waals surface area contributed by atoms with Gasteiger partial charge in [0.2, 0.25) is 19.5 Å². The number of aryl methyl sites for hydroxylation is 2. The van der Waals surface area contributed by atoms with Crippen LogP contribution in [0.1, 0.15) is 131 Å². The lowest BCUT2D eigenvalue weighted by Gasteiger charge is -2.37. The Morgan fingerprint density at radius 3 is 1.74 bits per heavy atom. The van der Waals surface area contributed by atoms with E-state index in [0.29, 0.717) is 32.4 Å². The third-order valence-electron chi connectivity index (χ3n) is 7.67. The molecule has 2 aromatic carbocycles. The predicted molar refractivity (Wildman–Crippen MR) is 188 cm³/mol. The van der Waals surface area contributed by atoms with Crippen molar-refractivity contribution in [2.75, 3.05) is 0 Å². The van der Waals surface area contributed by atoms with Crippen LogP contribution in [-0.4, -0.2) is 30.2 Å². The van der Waals surface area contributed by atoms with Crippen molar-refractivity contribution in [3.63, 3.8) is 0 Å². The number of rotatable bonds is 14. The van der Waals surface area contributed by atoms with Crippen molar-refractivity contribution in [3.05, 3.63) is 88.5 Å². The minimum atomic E-state index is -0.728. The average molecular weight is 619 g/mol. The number of benzene rings is 2. The highest BCUT2D eigenvalue weighted by Crippen LogP contribution is 2.39. The molecule has 5 heteroatoms. The van der Waals surface area contributed by atoms with Gasteiger partial charge in [-0.15, -0.1) is 0 Å². The van der Waals surface area contributed by atoms with Crippen LogP contribution in [0.3, 0.4) is 0 Å². The first-order chi connectivity index (χ1) is 19.7. The van der Waals surface area contributed by atoms with E-state index in [-0.39, 0.29) is 10.1 Å². The summed E-state index contributed by atoms with van der Waals surface area (Å²) in [6.45, 7) is 28.3. The Bertz CT molecular complexity index is 1240. The predicted octanol–water partition coefficient (Wildman–Crippen LogP) is 10.2. The minimum absolute atomic E-state index is 0.106. The summed E-state index contributed by atoms with van der Waals surface area (Å²) in [6.07, 6.45) is 9.35. The zero-order chi connectivity index (χ0) is 32.7. The molecule has 0 heterocycles. The fourth-order valence-electron chi connectivity index (χ4n) is 4.66. The maximum absolute atomic E-state index is 10.6. The Morgan fingerprint density at radius 1 is 0.721 bits per heavy atom. The Hall–Kier alpha value is -1.77. The third-order valence-corrected chi connectivity index (χ3v) is 10.1. The van der Waals surface area contributed by atoms with Crippen LogP contribution in [0.15, 0.2) is 60.7 Å². The molecule has 0 atom stereocenters. The van der Waals surface area contributed by atoms with E-state index in [1.165, 1.54) is 33.4 Å². The second kappa shape index (κ2) is 15.0. The summed E-state index contributed by atoms with van der Waals surface area (Å²) in [5, 5.41) is 10.8. The van der Waals surface area contributed by atoms with E-state index in [0.717, 1.165) is 12.8 Å². The molecule has 0 bridgehead atoms. The normalized spacial score (nSPS) is 14.1. The lowest BCUT2D eigenvalue weighted by atomic mass is 9.84. The van der Waals surface area contributed by atoms with Crippen molar-refractivity contribution in [1.29, 1.82) is 0 Å². The van der Waals surface area contributed by atoms with Crippen LogP contribution < -0.4 is 0 Å². The molecule has 0 aliphatic rings. The van der Waals surface area contributed by atoms with Crippen LogP contribution in [0.25, 0.3) is 5.57 Å². The molecule has 2 rings (SSSR count). The number of allylic oxidation sites excluding steroid dienone is 3. The van der Waals surface area contributed by atoms with E-state index in [1.807, 2.05) is 26.0 Å². The molecule has 0 aliphatic carbocycles. The van der Waals surface area contributed by atoms with Gasteiger partial charge in [-0.2, -0.15) is 0 Å². The lowest BCUT2D eigenvalue weighted by molar-refractivity contribution is 0.0828. The second-order valence-electron chi connectivity index (χ2n) is 15.0. The maximum atomic E-state index is 10.6. The van der Waals surface area contributed by atoms with Gasteiger partial charge in [-0.1, -0.05) is 116 Å². The lowest BCUT2D eigenvalue weighted by Crippen LogP contribution is -2.34. The Labute approximate surface area is 269 Å². The first-order valence-electron chi connectivity index (χ1n) is 15.9. The molecule has 0 amide bonds. The first kappa shape index (κ1) is 37.4. The fraction of sp³-hybridized carbons (Fsp3) is 0.579. The zero-order valence-corrected chi connectivity index (χ0v) is 31.4. The third kappa shape index (κ3) is 12.3. The van der Waals surface area contributed by atoms with Gasteiger partial charge in [0.05, 0.1) is 16.8 Å². The Kier molecular flexibility index (Phi) is 13.1. The summed E-state index contributed by atoms with van der Waals surface area (Å²) in [6, 6.07) is 15.7. The molecule has 2 aromatic rings. The highest BCUT2D eigenvalue weighted by Gasteiger charge is 2.34. The van der Waals surface area contributed by atoms with Crippen molar-refractivity contribution in [2.45, 2.75) is 143 Å². The van der Waals surface area contributed by atoms with Crippen LogP contribution in [0, 0.1) is 0 Å². The van der Waals surface area contributed by atoms with Crippen LogP contribution in [0.4, 0.5) is 0 Å². The average Bonchev–Trinajstić information content (AvgIpc) is 2.93. The molecule has 4 radical (unpaired) electrons. The first-order valence-corrected chi connectivity index (χ1v) is 17.7. The van der Waals surface area contributed by atoms with Crippen LogP contribution in [0.5, 0.6) is 0 Å². The van der Waals surface area contributed by atoms with Gasteiger partial charge in [-0.05, 0) is 104 Å². The topological polar surface area (TPSA) is 38.7 Å². The van der Waals surface area contributed by atoms with Crippen LogP contribution >= 0.6 is 0 Å². The van der Waals surface area contributed by atoms with Gasteiger partial charge in [0.15, 0.2) is 0 Å². The summed E-state index contributed by atoms with van der Waals surface area (Å²) in [5.41, 5.74) is 5.84. The van der Waals surface area contributed by atoms with E-state index in [2.05, 4.69) is 125 Å². The summed E-state index contributed by atoms with van der Waals surface area (Å²) in [5.74, 6) is 0. The van der Waals surface area contributed by atoms with Gasteiger partial charge in [0.1, 0.15) is 0 Å². The molecule has 0 aliphatic heterocycles. The monoisotopic (exact) mass is 618 g/mol. The second-order valence-corrected chi connectivity index (χ2v) is 18.8. The molecular formula is C38H58O3Si2. The molecule has 0 fully saturated rings. The molecular weight excluding hydrogens is 561 g/mol. The highest BCUT2D eigenvalue weighted by molar-refractivity contribution is 6.32. The quantitative estimate of drug-likeness (QED) is 0.169. The maximum Gasteiger partial charge on any atom is 0.236 e. The minimum Gasteiger partial charge on any atom is -0.408 e. The molecule has 1 N–H and O–H groups in total. The molecule has 236 valence electrons. The van der Waals surface area contributed by atoms with Crippen molar-refractivity contribution in [3.8, 4) is 0 Å². The Morgan fingerprint density at radius 2 is 1.23 bits per heavy atom. The van der Waals surface area contributed by atoms with E-state index in [9.17, 15) is 5.11 Å².